The molecule has 2 aromatic carbocycles. The molecule has 4 rings (SSSR count). The second-order valence-electron chi connectivity index (χ2n) is 6.60. The van der Waals surface area contributed by atoms with Gasteiger partial charge in [-0.05, 0) is 55.3 Å². The Balaban J connectivity index is 1.53. The van der Waals surface area contributed by atoms with E-state index < -0.39 is 5.97 Å². The summed E-state index contributed by atoms with van der Waals surface area (Å²) in [6.45, 7) is 2.15. The van der Waals surface area contributed by atoms with Crippen molar-refractivity contribution in [3.05, 3.63) is 66.0 Å². The van der Waals surface area contributed by atoms with Crippen LogP contribution < -0.4 is 0 Å². The third-order valence-electron chi connectivity index (χ3n) is 4.49. The van der Waals surface area contributed by atoms with E-state index in [0.717, 1.165) is 36.2 Å². The number of nitrogens with zero attached hydrogens (tertiary/aromatic N) is 5. The van der Waals surface area contributed by atoms with Gasteiger partial charge in [0.2, 0.25) is 11.8 Å². The van der Waals surface area contributed by atoms with Crippen molar-refractivity contribution in [3.63, 3.8) is 0 Å². The fourth-order valence-electron chi connectivity index (χ4n) is 2.90. The van der Waals surface area contributed by atoms with Crippen molar-refractivity contribution in [2.45, 2.75) is 26.2 Å². The Labute approximate surface area is 166 Å². The predicted octanol–water partition coefficient (Wildman–Crippen LogP) is 4.03. The van der Waals surface area contributed by atoms with E-state index in [4.69, 9.17) is 9.52 Å². The number of hydrogen-bond acceptors (Lipinski definition) is 6. The van der Waals surface area contributed by atoms with Crippen molar-refractivity contribution in [2.24, 2.45) is 0 Å². The van der Waals surface area contributed by atoms with Crippen LogP contribution in [0.1, 0.15) is 35.8 Å². The Bertz CT molecular complexity index is 1130. The molecule has 0 fully saturated rings. The van der Waals surface area contributed by atoms with Crippen molar-refractivity contribution in [2.75, 3.05) is 0 Å². The van der Waals surface area contributed by atoms with E-state index >= 15 is 0 Å². The third-order valence-corrected chi connectivity index (χ3v) is 4.49. The third kappa shape index (κ3) is 4.06. The minimum absolute atomic E-state index is 0.165. The Hall–Kier alpha value is -3.81. The predicted molar refractivity (Wildman–Crippen MR) is 106 cm³/mol. The topological polar surface area (TPSA) is 107 Å². The maximum atomic E-state index is 11.1. The zero-order valence-electron chi connectivity index (χ0n) is 15.8. The molecule has 8 heteroatoms. The van der Waals surface area contributed by atoms with Gasteiger partial charge < -0.3 is 9.52 Å². The molecule has 2 heterocycles. The lowest BCUT2D eigenvalue weighted by Gasteiger charge is -2.01. The maximum Gasteiger partial charge on any atom is 0.335 e. The van der Waals surface area contributed by atoms with Gasteiger partial charge in [0.05, 0.1) is 23.1 Å². The van der Waals surface area contributed by atoms with E-state index in [9.17, 15) is 4.79 Å². The Morgan fingerprint density at radius 1 is 1.03 bits per heavy atom. The number of aromatic carboxylic acids is 1. The molecular formula is C21H19N5O3. The summed E-state index contributed by atoms with van der Waals surface area (Å²) in [6, 6.07) is 13.9. The van der Waals surface area contributed by atoms with Gasteiger partial charge in [0.25, 0.3) is 0 Å². The van der Waals surface area contributed by atoms with Crippen LogP contribution in [0.2, 0.25) is 0 Å². The molecule has 0 aliphatic heterocycles. The first-order valence-corrected chi connectivity index (χ1v) is 9.33. The smallest absolute Gasteiger partial charge is 0.335 e. The summed E-state index contributed by atoms with van der Waals surface area (Å²) in [5.74, 6) is -0.383. The molecule has 0 radical (unpaired) electrons. The largest absolute Gasteiger partial charge is 0.478 e. The summed E-state index contributed by atoms with van der Waals surface area (Å²) in [7, 11) is 0. The van der Waals surface area contributed by atoms with Gasteiger partial charge in [0, 0.05) is 11.1 Å². The summed E-state index contributed by atoms with van der Waals surface area (Å²) >= 11 is 0. The van der Waals surface area contributed by atoms with Crippen molar-refractivity contribution in [1.29, 1.82) is 0 Å². The molecule has 4 aromatic rings. The van der Waals surface area contributed by atoms with Gasteiger partial charge in [-0.1, -0.05) is 24.6 Å². The number of carbonyl (C=O) groups is 1. The van der Waals surface area contributed by atoms with Gasteiger partial charge in [-0.15, -0.1) is 15.3 Å². The lowest BCUT2D eigenvalue weighted by Crippen LogP contribution is -1.95. The lowest BCUT2D eigenvalue weighted by atomic mass is 10.1. The first kappa shape index (κ1) is 18.5. The summed E-state index contributed by atoms with van der Waals surface area (Å²) in [5.41, 5.74) is 3.34. The van der Waals surface area contributed by atoms with Crippen LogP contribution in [-0.2, 0) is 6.42 Å². The van der Waals surface area contributed by atoms with Crippen LogP contribution in [0.4, 0.5) is 0 Å². The molecular weight excluding hydrogens is 370 g/mol. The van der Waals surface area contributed by atoms with Crippen LogP contribution in [0.15, 0.2) is 59.1 Å². The maximum absolute atomic E-state index is 11.1. The Morgan fingerprint density at radius 3 is 2.52 bits per heavy atom. The van der Waals surface area contributed by atoms with Gasteiger partial charge in [0.15, 0.2) is 0 Å². The molecule has 0 spiro atoms. The number of benzene rings is 2. The highest BCUT2D eigenvalue weighted by atomic mass is 16.4. The number of hydrogen-bond donors (Lipinski definition) is 1. The van der Waals surface area contributed by atoms with Crippen molar-refractivity contribution < 1.29 is 14.3 Å². The van der Waals surface area contributed by atoms with Crippen molar-refractivity contribution >= 4 is 5.97 Å². The average Bonchev–Trinajstić information content (AvgIpc) is 3.42. The molecule has 0 unspecified atom stereocenters. The Morgan fingerprint density at radius 2 is 1.79 bits per heavy atom. The second-order valence-corrected chi connectivity index (χ2v) is 6.60. The fraction of sp³-hybridized carbons (Fsp3) is 0.190. The fourth-order valence-corrected chi connectivity index (χ4v) is 2.90. The molecule has 146 valence electrons. The molecule has 0 amide bonds. The highest BCUT2D eigenvalue weighted by Gasteiger charge is 2.13. The summed E-state index contributed by atoms with van der Waals surface area (Å²) in [5, 5.41) is 25.6. The highest BCUT2D eigenvalue weighted by Crippen LogP contribution is 2.25. The molecule has 8 nitrogen and oxygen atoms in total. The van der Waals surface area contributed by atoms with Gasteiger partial charge in [-0.2, -0.15) is 0 Å². The van der Waals surface area contributed by atoms with E-state index in [2.05, 4.69) is 27.4 Å². The van der Waals surface area contributed by atoms with E-state index in [1.54, 1.807) is 16.8 Å². The van der Waals surface area contributed by atoms with Crippen LogP contribution >= 0.6 is 0 Å². The Kier molecular flexibility index (Phi) is 5.15. The summed E-state index contributed by atoms with van der Waals surface area (Å²) in [4.78, 5) is 11.1. The number of unbranched alkanes of at least 4 members (excludes halogenated alkanes) is 1. The first-order valence-electron chi connectivity index (χ1n) is 9.33. The van der Waals surface area contributed by atoms with E-state index in [-0.39, 0.29) is 11.5 Å². The van der Waals surface area contributed by atoms with Crippen LogP contribution in [-0.4, -0.2) is 36.3 Å². The molecule has 0 bridgehead atoms. The molecule has 1 N–H and O–H groups in total. The second kappa shape index (κ2) is 8.05. The molecule has 0 saturated heterocycles. The number of carboxylic acids is 1. The van der Waals surface area contributed by atoms with E-state index in [1.807, 2.05) is 30.5 Å². The average molecular weight is 389 g/mol. The first-order chi connectivity index (χ1) is 14.1. The molecule has 0 aliphatic rings. The zero-order valence-corrected chi connectivity index (χ0v) is 15.8. The van der Waals surface area contributed by atoms with E-state index in [1.165, 1.54) is 12.1 Å². The number of aromatic nitrogens is 5. The molecule has 0 saturated carbocycles. The highest BCUT2D eigenvalue weighted by molar-refractivity contribution is 5.89. The molecule has 2 aromatic heterocycles. The van der Waals surface area contributed by atoms with Gasteiger partial charge >= 0.3 is 5.97 Å². The van der Waals surface area contributed by atoms with Gasteiger partial charge in [-0.3, -0.25) is 0 Å². The van der Waals surface area contributed by atoms with Crippen LogP contribution in [0.25, 0.3) is 28.6 Å². The van der Waals surface area contributed by atoms with Crippen molar-refractivity contribution in [3.8, 4) is 28.6 Å². The zero-order chi connectivity index (χ0) is 20.2. The SMILES string of the molecule is CCCCc1cn(-c2ccc(-c3nnc(-c4cccc(C(=O)O)c4)o3)cc2)nn1. The summed E-state index contributed by atoms with van der Waals surface area (Å²) < 4.78 is 7.48. The monoisotopic (exact) mass is 389 g/mol. The molecule has 0 atom stereocenters. The standard InChI is InChI=1S/C21H19N5O3/c1-2-3-7-17-13-26(25-22-17)18-10-8-14(9-11-18)19-23-24-20(29-19)15-5-4-6-16(12-15)21(27)28/h4-6,8-13H,2-3,7H2,1H3,(H,27,28). The molecule has 29 heavy (non-hydrogen) atoms. The van der Waals surface area contributed by atoms with Crippen LogP contribution in [0.5, 0.6) is 0 Å². The molecule has 0 aliphatic carbocycles. The number of aryl methyl sites for hydroxylation is 1. The normalized spacial score (nSPS) is 10.9. The van der Waals surface area contributed by atoms with Gasteiger partial charge in [-0.25, -0.2) is 9.48 Å². The lowest BCUT2D eigenvalue weighted by molar-refractivity contribution is 0.0697. The number of rotatable bonds is 7. The van der Waals surface area contributed by atoms with Crippen LogP contribution in [0.3, 0.4) is 0 Å². The van der Waals surface area contributed by atoms with E-state index in [0.29, 0.717) is 11.5 Å². The number of carboxylic acid groups (broad SMARTS) is 1. The van der Waals surface area contributed by atoms with Gasteiger partial charge in [0.1, 0.15) is 0 Å². The summed E-state index contributed by atoms with van der Waals surface area (Å²) in [6.07, 6.45) is 5.06. The van der Waals surface area contributed by atoms with Crippen LogP contribution in [0, 0.1) is 0 Å². The van der Waals surface area contributed by atoms with Crippen molar-refractivity contribution in [1.82, 2.24) is 25.2 Å². The quantitative estimate of drug-likeness (QED) is 0.508. The minimum Gasteiger partial charge on any atom is -0.478 e. The minimum atomic E-state index is -1.01.